The lowest BCUT2D eigenvalue weighted by Crippen LogP contribution is -2.13. The van der Waals surface area contributed by atoms with Crippen LogP contribution in [0.2, 0.25) is 0 Å². The molecule has 0 N–H and O–H groups in total. The average Bonchev–Trinajstić information content (AvgIpc) is 2.60. The molecule has 0 aromatic heterocycles. The number of nitrogens with zero attached hydrogens (tertiary/aromatic N) is 1. The fourth-order valence-corrected chi connectivity index (χ4v) is 3.28. The molecular formula is C17H14BrNO6S. The summed E-state index contributed by atoms with van der Waals surface area (Å²) in [6.07, 6.45) is 0.448. The van der Waals surface area contributed by atoms with Gasteiger partial charge in [0.25, 0.3) is 5.69 Å². The van der Waals surface area contributed by atoms with Gasteiger partial charge < -0.3 is 4.74 Å². The number of hydrogen-bond acceptors (Lipinski definition) is 6. The molecule has 2 aromatic carbocycles. The van der Waals surface area contributed by atoms with Gasteiger partial charge in [-0.05, 0) is 49.4 Å². The summed E-state index contributed by atoms with van der Waals surface area (Å²) in [5, 5.41) is 11.6. The van der Waals surface area contributed by atoms with Crippen LogP contribution in [0.5, 0.6) is 0 Å². The quantitative estimate of drug-likeness (QED) is 0.384. The van der Waals surface area contributed by atoms with Crippen LogP contribution in [0, 0.1) is 10.1 Å². The standard InChI is InChI=1S/C17H14BrNO6S/c1-12(10-11-26(23,24)16-8-4-14(18)5-9-16)25-17(20)13-2-6-15(7-3-13)19(21)22/h2-12H,1H3/b11-10-/t12-/m0/s1. The number of nitro benzene ring substituents is 1. The zero-order valence-corrected chi connectivity index (χ0v) is 15.9. The van der Waals surface area contributed by atoms with Gasteiger partial charge in [0, 0.05) is 22.0 Å². The Morgan fingerprint density at radius 1 is 1.15 bits per heavy atom. The molecule has 0 aliphatic heterocycles. The normalized spacial score (nSPS) is 12.7. The van der Waals surface area contributed by atoms with Gasteiger partial charge in [0.15, 0.2) is 9.84 Å². The molecule has 1 atom stereocenters. The fraction of sp³-hybridized carbons (Fsp3) is 0.118. The highest BCUT2D eigenvalue weighted by Crippen LogP contribution is 2.17. The molecule has 7 nitrogen and oxygen atoms in total. The number of halogens is 1. The molecular weight excluding hydrogens is 426 g/mol. The predicted octanol–water partition coefficient (Wildman–Crippen LogP) is 3.89. The number of non-ortho nitro benzene ring substituents is 1. The highest BCUT2D eigenvalue weighted by Gasteiger charge is 2.14. The van der Waals surface area contributed by atoms with E-state index in [2.05, 4.69) is 15.9 Å². The van der Waals surface area contributed by atoms with E-state index in [0.29, 0.717) is 0 Å². The van der Waals surface area contributed by atoms with Gasteiger partial charge >= 0.3 is 5.97 Å². The number of hydrogen-bond donors (Lipinski definition) is 0. The molecule has 0 heterocycles. The van der Waals surface area contributed by atoms with E-state index in [0.717, 1.165) is 9.88 Å². The Morgan fingerprint density at radius 3 is 2.27 bits per heavy atom. The Bertz CT molecular complexity index is 936. The Hall–Kier alpha value is -2.52. The van der Waals surface area contributed by atoms with Gasteiger partial charge in [-0.3, -0.25) is 10.1 Å². The zero-order chi connectivity index (χ0) is 19.3. The van der Waals surface area contributed by atoms with Crippen LogP contribution in [-0.2, 0) is 14.6 Å². The Kier molecular flexibility index (Phi) is 6.27. The Labute approximate surface area is 158 Å². The highest BCUT2D eigenvalue weighted by molar-refractivity contribution is 9.10. The highest BCUT2D eigenvalue weighted by atomic mass is 79.9. The number of benzene rings is 2. The van der Waals surface area contributed by atoms with Crippen molar-refractivity contribution in [3.05, 3.63) is 80.2 Å². The number of sulfone groups is 1. The first-order valence-corrected chi connectivity index (χ1v) is 9.67. The smallest absolute Gasteiger partial charge is 0.338 e. The van der Waals surface area contributed by atoms with Gasteiger partial charge in [0.2, 0.25) is 0 Å². The van der Waals surface area contributed by atoms with E-state index in [1.165, 1.54) is 49.4 Å². The lowest BCUT2D eigenvalue weighted by Gasteiger charge is -2.09. The summed E-state index contributed by atoms with van der Waals surface area (Å²) >= 11 is 3.23. The van der Waals surface area contributed by atoms with Crippen LogP contribution in [0.3, 0.4) is 0 Å². The molecule has 136 valence electrons. The molecule has 2 aromatic rings. The van der Waals surface area contributed by atoms with Gasteiger partial charge in [-0.15, -0.1) is 0 Å². The van der Waals surface area contributed by atoms with Crippen molar-refractivity contribution in [3.63, 3.8) is 0 Å². The average molecular weight is 440 g/mol. The Morgan fingerprint density at radius 2 is 1.73 bits per heavy atom. The van der Waals surface area contributed by atoms with Crippen molar-refractivity contribution in [2.45, 2.75) is 17.9 Å². The predicted molar refractivity (Wildman–Crippen MR) is 98.4 cm³/mol. The van der Waals surface area contributed by atoms with Gasteiger partial charge in [0.05, 0.1) is 15.4 Å². The van der Waals surface area contributed by atoms with Crippen LogP contribution in [0.25, 0.3) is 0 Å². The van der Waals surface area contributed by atoms with Crippen LogP contribution < -0.4 is 0 Å². The molecule has 2 rings (SSSR count). The summed E-state index contributed by atoms with van der Waals surface area (Å²) in [6, 6.07) is 11.1. The van der Waals surface area contributed by atoms with E-state index >= 15 is 0 Å². The van der Waals surface area contributed by atoms with Crippen molar-refractivity contribution in [3.8, 4) is 0 Å². The fourth-order valence-electron chi connectivity index (χ4n) is 1.91. The minimum absolute atomic E-state index is 0.117. The second kappa shape index (κ2) is 8.24. The molecule has 0 amide bonds. The van der Waals surface area contributed by atoms with Crippen LogP contribution >= 0.6 is 15.9 Å². The molecule has 0 saturated carbocycles. The number of rotatable bonds is 6. The SMILES string of the molecule is C[C@@H](/C=C\S(=O)(=O)c1ccc(Br)cc1)OC(=O)c1ccc([N+](=O)[O-])cc1. The summed E-state index contributed by atoms with van der Waals surface area (Å²) in [5.74, 6) is -0.710. The summed E-state index contributed by atoms with van der Waals surface area (Å²) in [7, 11) is -3.66. The molecule has 0 aliphatic carbocycles. The maximum Gasteiger partial charge on any atom is 0.338 e. The van der Waals surface area contributed by atoms with E-state index in [1.807, 2.05) is 0 Å². The van der Waals surface area contributed by atoms with Crippen molar-refractivity contribution >= 4 is 37.4 Å². The molecule has 0 spiro atoms. The van der Waals surface area contributed by atoms with Crippen molar-refractivity contribution in [1.29, 1.82) is 0 Å². The van der Waals surface area contributed by atoms with Crippen molar-refractivity contribution < 1.29 is 22.9 Å². The number of carbonyl (C=O) groups excluding carboxylic acids is 1. The van der Waals surface area contributed by atoms with Crippen molar-refractivity contribution in [2.75, 3.05) is 0 Å². The summed E-state index contributed by atoms with van der Waals surface area (Å²) in [4.78, 5) is 22.1. The minimum Gasteiger partial charge on any atom is -0.455 e. The van der Waals surface area contributed by atoms with E-state index in [4.69, 9.17) is 4.74 Å². The second-order valence-electron chi connectivity index (χ2n) is 5.24. The minimum atomic E-state index is -3.66. The number of nitro groups is 1. The molecule has 9 heteroatoms. The first-order chi connectivity index (χ1) is 12.2. The van der Waals surface area contributed by atoms with Crippen molar-refractivity contribution in [2.24, 2.45) is 0 Å². The molecule has 0 aliphatic rings. The number of ether oxygens (including phenoxy) is 1. The maximum atomic E-state index is 12.2. The Balaban J connectivity index is 2.03. The monoisotopic (exact) mass is 439 g/mol. The third-order valence-corrected chi connectivity index (χ3v) is 5.25. The third kappa shape index (κ3) is 5.24. The molecule has 0 saturated heterocycles. The molecule has 0 unspecified atom stereocenters. The molecule has 0 radical (unpaired) electrons. The zero-order valence-electron chi connectivity index (χ0n) is 13.5. The van der Waals surface area contributed by atoms with Crippen molar-refractivity contribution in [1.82, 2.24) is 0 Å². The largest absolute Gasteiger partial charge is 0.455 e. The van der Waals surface area contributed by atoms with E-state index < -0.39 is 26.8 Å². The van der Waals surface area contributed by atoms with E-state index in [1.54, 1.807) is 12.1 Å². The first kappa shape index (κ1) is 19.8. The van der Waals surface area contributed by atoms with Gasteiger partial charge in [-0.2, -0.15) is 0 Å². The number of carbonyl (C=O) groups is 1. The summed E-state index contributed by atoms with van der Waals surface area (Å²) < 4.78 is 30.3. The van der Waals surface area contributed by atoms with Crippen LogP contribution in [0.4, 0.5) is 5.69 Å². The second-order valence-corrected chi connectivity index (χ2v) is 7.99. The molecule has 0 fully saturated rings. The van der Waals surface area contributed by atoms with Gasteiger partial charge in [0.1, 0.15) is 6.10 Å². The lowest BCUT2D eigenvalue weighted by atomic mass is 10.2. The first-order valence-electron chi connectivity index (χ1n) is 7.33. The van der Waals surface area contributed by atoms with Crippen LogP contribution in [0.15, 0.2) is 69.4 Å². The van der Waals surface area contributed by atoms with Crippen LogP contribution in [0.1, 0.15) is 17.3 Å². The van der Waals surface area contributed by atoms with Crippen LogP contribution in [-0.4, -0.2) is 25.4 Å². The number of esters is 1. The van der Waals surface area contributed by atoms with Gasteiger partial charge in [-0.1, -0.05) is 15.9 Å². The third-order valence-electron chi connectivity index (χ3n) is 3.28. The van der Waals surface area contributed by atoms with Gasteiger partial charge in [-0.25, -0.2) is 13.2 Å². The topological polar surface area (TPSA) is 104 Å². The lowest BCUT2D eigenvalue weighted by molar-refractivity contribution is -0.384. The summed E-state index contributed by atoms with van der Waals surface area (Å²) in [6.45, 7) is 1.51. The summed E-state index contributed by atoms with van der Waals surface area (Å²) in [5.41, 5.74) is -0.0123. The van der Waals surface area contributed by atoms with E-state index in [-0.39, 0.29) is 16.1 Å². The van der Waals surface area contributed by atoms with E-state index in [9.17, 15) is 23.3 Å². The maximum absolute atomic E-state index is 12.2. The molecule has 26 heavy (non-hydrogen) atoms. The molecule has 0 bridgehead atoms.